The smallest absolute Gasteiger partial charge is 0.465 e. The van der Waals surface area contributed by atoms with Crippen molar-refractivity contribution in [3.8, 4) is 5.75 Å². The third kappa shape index (κ3) is 4.77. The van der Waals surface area contributed by atoms with Gasteiger partial charge in [-0.1, -0.05) is 11.6 Å². The highest BCUT2D eigenvalue weighted by Crippen LogP contribution is 2.32. The number of esters is 1. The highest BCUT2D eigenvalue weighted by atomic mass is 35.5. The van der Waals surface area contributed by atoms with E-state index in [1.807, 2.05) is 0 Å². The van der Waals surface area contributed by atoms with E-state index < -0.39 is 38.0 Å². The molecule has 0 saturated heterocycles. The average molecular weight is 416 g/mol. The van der Waals surface area contributed by atoms with E-state index in [1.165, 1.54) is 11.4 Å². The quantitative estimate of drug-likeness (QED) is 0.749. The Labute approximate surface area is 149 Å². The lowest BCUT2D eigenvalue weighted by atomic mass is 10.3. The molecule has 0 aliphatic rings. The van der Waals surface area contributed by atoms with Crippen LogP contribution >= 0.6 is 22.9 Å². The van der Waals surface area contributed by atoms with E-state index in [9.17, 15) is 26.4 Å². The van der Waals surface area contributed by atoms with Crippen molar-refractivity contribution in [2.45, 2.75) is 11.3 Å². The lowest BCUT2D eigenvalue weighted by Crippen LogP contribution is -2.18. The summed E-state index contributed by atoms with van der Waals surface area (Å²) in [5.41, 5.74) is -0.0384. The summed E-state index contributed by atoms with van der Waals surface area (Å²) in [5.74, 6) is -1.41. The Bertz CT molecular complexity index is 895. The van der Waals surface area contributed by atoms with E-state index in [0.29, 0.717) is 0 Å². The first-order valence-corrected chi connectivity index (χ1v) is 9.01. The van der Waals surface area contributed by atoms with Crippen LogP contribution in [0.5, 0.6) is 5.75 Å². The molecular formula is C13H9ClF3NO5S2. The predicted molar refractivity (Wildman–Crippen MR) is 84.6 cm³/mol. The lowest BCUT2D eigenvalue weighted by molar-refractivity contribution is -0.274. The topological polar surface area (TPSA) is 81.7 Å². The minimum atomic E-state index is -4.94. The Morgan fingerprint density at radius 2 is 1.96 bits per heavy atom. The van der Waals surface area contributed by atoms with Crippen LogP contribution in [0.1, 0.15) is 9.67 Å². The molecular weight excluding hydrogens is 407 g/mol. The molecule has 136 valence electrons. The number of thiophene rings is 1. The van der Waals surface area contributed by atoms with Gasteiger partial charge in [0.1, 0.15) is 15.5 Å². The van der Waals surface area contributed by atoms with Gasteiger partial charge in [0.2, 0.25) is 0 Å². The molecule has 0 fully saturated rings. The van der Waals surface area contributed by atoms with E-state index >= 15 is 0 Å². The summed E-state index contributed by atoms with van der Waals surface area (Å²) in [4.78, 5) is 11.1. The number of carbonyl (C=O) groups is 1. The molecule has 0 radical (unpaired) electrons. The lowest BCUT2D eigenvalue weighted by Gasteiger charge is -2.12. The number of hydrogen-bond acceptors (Lipinski definition) is 6. The Balaban J connectivity index is 2.32. The summed E-state index contributed by atoms with van der Waals surface area (Å²) in [5, 5.41) is 0.982. The van der Waals surface area contributed by atoms with Gasteiger partial charge in [-0.2, -0.15) is 0 Å². The minimum Gasteiger partial charge on any atom is -0.465 e. The molecule has 0 unspecified atom stereocenters. The number of nitrogens with one attached hydrogen (secondary N) is 1. The van der Waals surface area contributed by atoms with Gasteiger partial charge in [-0.15, -0.1) is 24.5 Å². The second kappa shape index (κ2) is 7.10. The molecule has 2 aromatic rings. The number of anilines is 1. The van der Waals surface area contributed by atoms with Gasteiger partial charge >= 0.3 is 12.3 Å². The first-order valence-electron chi connectivity index (χ1n) is 6.27. The molecule has 0 aliphatic heterocycles. The fraction of sp³-hybridized carbons (Fsp3) is 0.154. The van der Waals surface area contributed by atoms with Crippen molar-refractivity contribution in [1.82, 2.24) is 0 Å². The monoisotopic (exact) mass is 415 g/mol. The van der Waals surface area contributed by atoms with Crippen LogP contribution in [0.15, 0.2) is 34.5 Å². The highest BCUT2D eigenvalue weighted by molar-refractivity contribution is 7.92. The number of ether oxygens (including phenoxy) is 2. The molecule has 12 heteroatoms. The summed E-state index contributed by atoms with van der Waals surface area (Å²) in [6.45, 7) is 0. The minimum absolute atomic E-state index is 0.0132. The Kier molecular flexibility index (Phi) is 5.49. The highest BCUT2D eigenvalue weighted by Gasteiger charge is 2.32. The van der Waals surface area contributed by atoms with Crippen molar-refractivity contribution in [2.75, 3.05) is 11.8 Å². The number of benzene rings is 1. The molecule has 1 aromatic carbocycles. The molecule has 25 heavy (non-hydrogen) atoms. The summed E-state index contributed by atoms with van der Waals surface area (Å²) in [6, 6.07) is 3.72. The maximum Gasteiger partial charge on any atom is 0.573 e. The zero-order valence-corrected chi connectivity index (χ0v) is 14.6. The number of hydrogen-bond donors (Lipinski definition) is 1. The van der Waals surface area contributed by atoms with Crippen LogP contribution in [0, 0.1) is 0 Å². The largest absolute Gasteiger partial charge is 0.573 e. The van der Waals surface area contributed by atoms with E-state index in [-0.39, 0.29) is 10.6 Å². The maximum atomic E-state index is 12.4. The van der Waals surface area contributed by atoms with Crippen LogP contribution in [0.2, 0.25) is 5.02 Å². The number of rotatable bonds is 5. The molecule has 0 saturated carbocycles. The first kappa shape index (κ1) is 19.3. The molecule has 2 rings (SSSR count). The van der Waals surface area contributed by atoms with Crippen molar-refractivity contribution < 1.29 is 35.9 Å². The molecule has 0 atom stereocenters. The molecule has 0 spiro atoms. The second-order valence-corrected chi connectivity index (χ2v) is 7.37. The number of methoxy groups -OCH3 is 1. The van der Waals surface area contributed by atoms with Crippen molar-refractivity contribution in [1.29, 1.82) is 0 Å². The van der Waals surface area contributed by atoms with Gasteiger partial charge in [0, 0.05) is 6.07 Å². The Morgan fingerprint density at radius 3 is 2.52 bits per heavy atom. The van der Waals surface area contributed by atoms with E-state index in [4.69, 9.17) is 11.6 Å². The standard InChI is InChI=1S/C13H9ClF3NO5S2/c1-22-12(19)11-9(4-5-24-11)18-25(20,21)10-3-2-7(6-8(10)14)23-13(15,16)17/h2-6,18H,1H3. The van der Waals surface area contributed by atoms with Crippen LogP contribution in [0.4, 0.5) is 18.9 Å². The van der Waals surface area contributed by atoms with Crippen molar-refractivity contribution in [3.05, 3.63) is 39.5 Å². The molecule has 0 aliphatic carbocycles. The molecule has 1 aromatic heterocycles. The normalized spacial score (nSPS) is 11.9. The summed E-state index contributed by atoms with van der Waals surface area (Å²) < 4.78 is 71.6. The third-order valence-electron chi connectivity index (χ3n) is 2.71. The van der Waals surface area contributed by atoms with Crippen molar-refractivity contribution >= 4 is 44.6 Å². The maximum absolute atomic E-state index is 12.4. The molecule has 1 heterocycles. The van der Waals surface area contributed by atoms with Crippen LogP contribution in [0.3, 0.4) is 0 Å². The summed E-state index contributed by atoms with van der Waals surface area (Å²) >= 11 is 6.71. The zero-order valence-electron chi connectivity index (χ0n) is 12.3. The van der Waals surface area contributed by atoms with E-state index in [0.717, 1.165) is 36.6 Å². The van der Waals surface area contributed by atoms with Crippen LogP contribution < -0.4 is 9.46 Å². The fourth-order valence-corrected chi connectivity index (χ4v) is 4.17. The van der Waals surface area contributed by atoms with Crippen LogP contribution in [-0.4, -0.2) is 27.9 Å². The molecule has 0 amide bonds. The number of carbonyl (C=O) groups excluding carboxylic acids is 1. The predicted octanol–water partition coefficient (Wildman–Crippen LogP) is 3.89. The Hall–Kier alpha value is -1.98. The number of sulfonamides is 1. The van der Waals surface area contributed by atoms with Crippen molar-refractivity contribution in [3.63, 3.8) is 0 Å². The van der Waals surface area contributed by atoms with E-state index in [2.05, 4.69) is 14.2 Å². The van der Waals surface area contributed by atoms with Crippen LogP contribution in [0.25, 0.3) is 0 Å². The molecule has 6 nitrogen and oxygen atoms in total. The fourth-order valence-electron chi connectivity index (χ4n) is 1.74. The van der Waals surface area contributed by atoms with Gasteiger partial charge in [0.25, 0.3) is 10.0 Å². The van der Waals surface area contributed by atoms with Crippen LogP contribution in [-0.2, 0) is 14.8 Å². The first-order chi connectivity index (χ1) is 11.5. The third-order valence-corrected chi connectivity index (χ3v) is 5.45. The number of halogens is 4. The summed E-state index contributed by atoms with van der Waals surface area (Å²) in [6.07, 6.45) is -4.94. The van der Waals surface area contributed by atoms with Gasteiger partial charge in [-0.3, -0.25) is 4.72 Å². The molecule has 0 bridgehead atoms. The van der Waals surface area contributed by atoms with Gasteiger partial charge in [0.05, 0.1) is 17.8 Å². The zero-order chi connectivity index (χ0) is 18.8. The second-order valence-electron chi connectivity index (χ2n) is 4.40. The molecule has 1 N–H and O–H groups in total. The van der Waals surface area contributed by atoms with Gasteiger partial charge < -0.3 is 9.47 Å². The van der Waals surface area contributed by atoms with Gasteiger partial charge in [0.15, 0.2) is 0 Å². The van der Waals surface area contributed by atoms with Gasteiger partial charge in [-0.25, -0.2) is 13.2 Å². The van der Waals surface area contributed by atoms with Crippen molar-refractivity contribution in [2.24, 2.45) is 0 Å². The Morgan fingerprint density at radius 1 is 1.28 bits per heavy atom. The number of alkyl halides is 3. The van der Waals surface area contributed by atoms with Gasteiger partial charge in [-0.05, 0) is 23.6 Å². The average Bonchev–Trinajstić information content (AvgIpc) is 2.91. The van der Waals surface area contributed by atoms with E-state index in [1.54, 1.807) is 0 Å². The summed E-state index contributed by atoms with van der Waals surface area (Å²) in [7, 11) is -3.12. The SMILES string of the molecule is COC(=O)c1sccc1NS(=O)(=O)c1ccc(OC(F)(F)F)cc1Cl.